The summed E-state index contributed by atoms with van der Waals surface area (Å²) in [4.78, 5) is 4.31. The number of rotatable bonds is 4. The van der Waals surface area contributed by atoms with E-state index in [9.17, 15) is 0 Å². The average Bonchev–Trinajstić information content (AvgIpc) is 2.93. The third-order valence-corrected chi connectivity index (χ3v) is 4.18. The van der Waals surface area contributed by atoms with Crippen molar-refractivity contribution in [2.45, 2.75) is 6.92 Å². The zero-order valence-electron chi connectivity index (χ0n) is 12.0. The van der Waals surface area contributed by atoms with Gasteiger partial charge in [-0.05, 0) is 30.2 Å². The third kappa shape index (κ3) is 3.53. The molecule has 0 unspecified atom stereocenters. The molecule has 1 N–H and O–H groups in total. The SMILES string of the molecule is Cc1csc(NN=Cc2ccccc2-c2cccc(Cl)c2)n1. The van der Waals surface area contributed by atoms with Gasteiger partial charge in [0.15, 0.2) is 0 Å². The lowest BCUT2D eigenvalue weighted by Crippen LogP contribution is -1.92. The smallest absolute Gasteiger partial charge is 0.203 e. The van der Waals surface area contributed by atoms with Gasteiger partial charge < -0.3 is 0 Å². The molecule has 3 rings (SSSR count). The molecule has 0 atom stereocenters. The van der Waals surface area contributed by atoms with Crippen LogP contribution in [0.5, 0.6) is 0 Å². The molecule has 0 aliphatic carbocycles. The van der Waals surface area contributed by atoms with Crippen LogP contribution >= 0.6 is 22.9 Å². The number of nitrogens with one attached hydrogen (secondary N) is 1. The molecule has 2 aromatic carbocycles. The molecule has 0 aliphatic heterocycles. The Labute approximate surface area is 138 Å². The van der Waals surface area contributed by atoms with Gasteiger partial charge in [-0.3, -0.25) is 5.43 Å². The van der Waals surface area contributed by atoms with Crippen molar-refractivity contribution in [1.82, 2.24) is 4.98 Å². The molecule has 3 nitrogen and oxygen atoms in total. The minimum atomic E-state index is 0.723. The van der Waals surface area contributed by atoms with Crippen molar-refractivity contribution in [1.29, 1.82) is 0 Å². The van der Waals surface area contributed by atoms with E-state index in [0.717, 1.165) is 32.5 Å². The quantitative estimate of drug-likeness (QED) is 0.527. The first-order chi connectivity index (χ1) is 10.7. The topological polar surface area (TPSA) is 37.3 Å². The Bertz CT molecular complexity index is 811. The monoisotopic (exact) mass is 327 g/mol. The summed E-state index contributed by atoms with van der Waals surface area (Å²) in [5.74, 6) is 0. The molecule has 0 bridgehead atoms. The molecule has 0 aliphatic rings. The maximum atomic E-state index is 6.08. The molecule has 0 spiro atoms. The van der Waals surface area contributed by atoms with Crippen molar-refractivity contribution in [2.24, 2.45) is 5.10 Å². The highest BCUT2D eigenvalue weighted by atomic mass is 35.5. The summed E-state index contributed by atoms with van der Waals surface area (Å²) in [6.07, 6.45) is 1.80. The summed E-state index contributed by atoms with van der Waals surface area (Å²) >= 11 is 7.61. The van der Waals surface area contributed by atoms with E-state index >= 15 is 0 Å². The fourth-order valence-corrected chi connectivity index (χ4v) is 2.92. The standard InChI is InChI=1S/C17H14ClN3S/c1-12-11-22-17(20-12)21-19-10-14-5-2-3-8-16(14)13-6-4-7-15(18)9-13/h2-11H,1H3,(H,20,21). The second kappa shape index (κ2) is 6.73. The molecule has 0 saturated heterocycles. The number of nitrogens with zero attached hydrogens (tertiary/aromatic N) is 2. The number of hydrogen-bond donors (Lipinski definition) is 1. The summed E-state index contributed by atoms with van der Waals surface area (Å²) in [7, 11) is 0. The first-order valence-electron chi connectivity index (χ1n) is 6.78. The molecule has 110 valence electrons. The van der Waals surface area contributed by atoms with Gasteiger partial charge in [0.05, 0.1) is 11.9 Å². The summed E-state index contributed by atoms with van der Waals surface area (Å²) in [5.41, 5.74) is 7.12. The highest BCUT2D eigenvalue weighted by Gasteiger charge is 2.03. The minimum Gasteiger partial charge on any atom is -0.253 e. The van der Waals surface area contributed by atoms with Crippen LogP contribution in [-0.2, 0) is 0 Å². The van der Waals surface area contributed by atoms with E-state index in [0.29, 0.717) is 0 Å². The van der Waals surface area contributed by atoms with Gasteiger partial charge in [0.2, 0.25) is 5.13 Å². The van der Waals surface area contributed by atoms with Gasteiger partial charge in [-0.2, -0.15) is 5.10 Å². The fraction of sp³-hybridized carbons (Fsp3) is 0.0588. The Morgan fingerprint density at radius 1 is 1.18 bits per heavy atom. The van der Waals surface area contributed by atoms with E-state index in [2.05, 4.69) is 21.6 Å². The molecule has 0 radical (unpaired) electrons. The minimum absolute atomic E-state index is 0.723. The van der Waals surface area contributed by atoms with Gasteiger partial charge in [-0.1, -0.05) is 48.0 Å². The molecule has 22 heavy (non-hydrogen) atoms. The van der Waals surface area contributed by atoms with Crippen molar-refractivity contribution in [3.05, 3.63) is 70.2 Å². The lowest BCUT2D eigenvalue weighted by Gasteiger charge is -2.06. The molecular weight excluding hydrogens is 314 g/mol. The summed E-state index contributed by atoms with van der Waals surface area (Å²) in [5, 5.41) is 7.77. The van der Waals surface area contributed by atoms with Crippen LogP contribution in [0, 0.1) is 6.92 Å². The highest BCUT2D eigenvalue weighted by Crippen LogP contribution is 2.25. The van der Waals surface area contributed by atoms with Gasteiger partial charge in [0, 0.05) is 16.0 Å². The lowest BCUT2D eigenvalue weighted by molar-refractivity contribution is 1.22. The molecule has 0 fully saturated rings. The van der Waals surface area contributed by atoms with Gasteiger partial charge in [0.25, 0.3) is 0 Å². The van der Waals surface area contributed by atoms with Crippen molar-refractivity contribution >= 4 is 34.3 Å². The summed E-state index contributed by atoms with van der Waals surface area (Å²) in [6, 6.07) is 15.9. The summed E-state index contributed by atoms with van der Waals surface area (Å²) in [6.45, 7) is 1.96. The van der Waals surface area contributed by atoms with Crippen LogP contribution in [0.15, 0.2) is 59.0 Å². The van der Waals surface area contributed by atoms with Crippen LogP contribution < -0.4 is 5.43 Å². The predicted molar refractivity (Wildman–Crippen MR) is 95.0 cm³/mol. The zero-order valence-corrected chi connectivity index (χ0v) is 13.5. The number of hydrogen-bond acceptors (Lipinski definition) is 4. The molecule has 3 aromatic rings. The van der Waals surface area contributed by atoms with Gasteiger partial charge in [-0.25, -0.2) is 4.98 Å². The Hall–Kier alpha value is -2.17. The Balaban J connectivity index is 1.85. The predicted octanol–water partition coefficient (Wildman–Crippen LogP) is 5.22. The maximum absolute atomic E-state index is 6.08. The second-order valence-electron chi connectivity index (χ2n) is 4.76. The van der Waals surface area contributed by atoms with Crippen LogP contribution in [0.2, 0.25) is 5.02 Å². The molecule has 1 heterocycles. The largest absolute Gasteiger partial charge is 0.253 e. The fourth-order valence-electron chi connectivity index (χ4n) is 2.09. The average molecular weight is 328 g/mol. The second-order valence-corrected chi connectivity index (χ2v) is 6.06. The number of aryl methyl sites for hydroxylation is 1. The van der Waals surface area contributed by atoms with Crippen LogP contribution in [0.25, 0.3) is 11.1 Å². The Kier molecular flexibility index (Phi) is 4.51. The van der Waals surface area contributed by atoms with E-state index in [-0.39, 0.29) is 0 Å². The molecule has 0 amide bonds. The van der Waals surface area contributed by atoms with Gasteiger partial charge >= 0.3 is 0 Å². The third-order valence-electron chi connectivity index (χ3n) is 3.08. The summed E-state index contributed by atoms with van der Waals surface area (Å²) < 4.78 is 0. The number of benzene rings is 2. The van der Waals surface area contributed by atoms with Crippen molar-refractivity contribution in [2.75, 3.05) is 5.43 Å². The van der Waals surface area contributed by atoms with Crippen LogP contribution in [0.4, 0.5) is 5.13 Å². The van der Waals surface area contributed by atoms with E-state index < -0.39 is 0 Å². The highest BCUT2D eigenvalue weighted by molar-refractivity contribution is 7.13. The van der Waals surface area contributed by atoms with Crippen molar-refractivity contribution in [3.8, 4) is 11.1 Å². The van der Waals surface area contributed by atoms with Crippen LogP contribution in [0.3, 0.4) is 0 Å². The first-order valence-corrected chi connectivity index (χ1v) is 8.04. The zero-order chi connectivity index (χ0) is 15.4. The van der Waals surface area contributed by atoms with Crippen LogP contribution in [-0.4, -0.2) is 11.2 Å². The molecule has 0 saturated carbocycles. The Morgan fingerprint density at radius 3 is 2.82 bits per heavy atom. The maximum Gasteiger partial charge on any atom is 0.203 e. The number of hydrazone groups is 1. The van der Waals surface area contributed by atoms with Crippen molar-refractivity contribution in [3.63, 3.8) is 0 Å². The van der Waals surface area contributed by atoms with E-state index in [1.807, 2.05) is 54.8 Å². The molecular formula is C17H14ClN3S. The van der Waals surface area contributed by atoms with Crippen molar-refractivity contribution < 1.29 is 0 Å². The van der Waals surface area contributed by atoms with E-state index in [4.69, 9.17) is 11.6 Å². The van der Waals surface area contributed by atoms with E-state index in [1.165, 1.54) is 11.3 Å². The number of anilines is 1. The first kappa shape index (κ1) is 14.8. The van der Waals surface area contributed by atoms with Gasteiger partial charge in [-0.15, -0.1) is 11.3 Å². The van der Waals surface area contributed by atoms with E-state index in [1.54, 1.807) is 6.21 Å². The lowest BCUT2D eigenvalue weighted by atomic mass is 10.0. The number of aromatic nitrogens is 1. The normalized spacial score (nSPS) is 11.0. The molecule has 5 heteroatoms. The number of halogens is 1. The van der Waals surface area contributed by atoms with Gasteiger partial charge in [0.1, 0.15) is 0 Å². The molecule has 1 aromatic heterocycles. The Morgan fingerprint density at radius 2 is 2.05 bits per heavy atom. The number of thiazole rings is 1. The van der Waals surface area contributed by atoms with Crippen LogP contribution in [0.1, 0.15) is 11.3 Å².